The molecule has 3 unspecified atom stereocenters. The molecule has 2 fully saturated rings. The average molecular weight is 340 g/mol. The van der Waals surface area contributed by atoms with Crippen LogP contribution in [0.4, 0.5) is 0 Å². The summed E-state index contributed by atoms with van der Waals surface area (Å²) in [6, 6.07) is 9.05. The van der Waals surface area contributed by atoms with E-state index in [1.807, 2.05) is 25.1 Å². The minimum atomic E-state index is -0.0954. The normalized spacial score (nSPS) is 25.9. The molecule has 1 aromatic carbocycles. The molecule has 1 aromatic rings. The number of hydrogen-bond acceptors (Lipinski definition) is 3. The lowest BCUT2D eigenvalue weighted by Crippen LogP contribution is -2.37. The van der Waals surface area contributed by atoms with Crippen LogP contribution >= 0.6 is 0 Å². The largest absolute Gasteiger partial charge is 0.292 e. The number of hydrazone groups is 1. The molecule has 2 aliphatic carbocycles. The van der Waals surface area contributed by atoms with Crippen LogP contribution in [0, 0.1) is 23.2 Å². The van der Waals surface area contributed by atoms with Crippen molar-refractivity contribution in [1.82, 2.24) is 5.01 Å². The van der Waals surface area contributed by atoms with Gasteiger partial charge in [0.05, 0.1) is 0 Å². The van der Waals surface area contributed by atoms with Crippen molar-refractivity contribution in [2.75, 3.05) is 6.54 Å². The van der Waals surface area contributed by atoms with Crippen LogP contribution in [0.5, 0.6) is 0 Å². The zero-order valence-corrected chi connectivity index (χ0v) is 15.4. The van der Waals surface area contributed by atoms with E-state index in [0.29, 0.717) is 17.9 Å². The van der Waals surface area contributed by atoms with Crippen LogP contribution in [0.25, 0.3) is 0 Å². The highest BCUT2D eigenvalue weighted by Crippen LogP contribution is 2.55. The molecular formula is C21H28N2O2. The Balaban J connectivity index is 1.70. The number of fused-ring (bicyclic) bond motifs is 2. The fourth-order valence-electron chi connectivity index (χ4n) is 4.68. The van der Waals surface area contributed by atoms with E-state index >= 15 is 0 Å². The summed E-state index contributed by atoms with van der Waals surface area (Å²) in [6.45, 7) is 6.45. The maximum atomic E-state index is 12.3. The van der Waals surface area contributed by atoms with E-state index in [9.17, 15) is 9.59 Å². The Morgan fingerprint density at radius 2 is 1.96 bits per heavy atom. The molecule has 0 heterocycles. The zero-order chi connectivity index (χ0) is 18.0. The summed E-state index contributed by atoms with van der Waals surface area (Å²) < 4.78 is 0. The molecule has 0 saturated heterocycles. The first-order chi connectivity index (χ1) is 11.9. The van der Waals surface area contributed by atoms with Gasteiger partial charge in [0.2, 0.25) is 6.41 Å². The van der Waals surface area contributed by atoms with Gasteiger partial charge in [0.1, 0.15) is 6.54 Å². The summed E-state index contributed by atoms with van der Waals surface area (Å²) in [5, 5.41) is 5.77. The molecule has 2 aliphatic rings. The molecule has 0 spiro atoms. The third kappa shape index (κ3) is 3.68. The number of carbonyl (C=O) groups is 2. The second kappa shape index (κ2) is 7.11. The summed E-state index contributed by atoms with van der Waals surface area (Å²) >= 11 is 0. The molecule has 4 nitrogen and oxygen atoms in total. The summed E-state index contributed by atoms with van der Waals surface area (Å²) in [7, 11) is 0. The maximum absolute atomic E-state index is 12.3. The van der Waals surface area contributed by atoms with Gasteiger partial charge in [-0.25, -0.2) is 5.01 Å². The number of ketones is 1. The second-order valence-electron chi connectivity index (χ2n) is 8.18. The number of carbonyl (C=O) groups excluding carboxylic acids is 2. The first kappa shape index (κ1) is 17.8. The highest BCUT2D eigenvalue weighted by atomic mass is 16.2. The van der Waals surface area contributed by atoms with Gasteiger partial charge in [0.25, 0.3) is 0 Å². The topological polar surface area (TPSA) is 49.7 Å². The summed E-state index contributed by atoms with van der Waals surface area (Å²) in [5.41, 5.74) is 1.50. The van der Waals surface area contributed by atoms with Gasteiger partial charge in [-0.2, -0.15) is 5.10 Å². The van der Waals surface area contributed by atoms with E-state index in [1.54, 1.807) is 12.1 Å². The number of nitrogens with zero attached hydrogens (tertiary/aromatic N) is 2. The van der Waals surface area contributed by atoms with Crippen LogP contribution in [0.15, 0.2) is 35.4 Å². The molecule has 2 saturated carbocycles. The highest BCUT2D eigenvalue weighted by Gasteiger charge is 2.47. The molecule has 25 heavy (non-hydrogen) atoms. The molecule has 0 N–H and O–H groups in total. The third-order valence-corrected chi connectivity index (χ3v) is 6.40. The first-order valence-electron chi connectivity index (χ1n) is 9.27. The minimum absolute atomic E-state index is 0.0162. The zero-order valence-electron chi connectivity index (χ0n) is 15.4. The van der Waals surface area contributed by atoms with E-state index in [0.717, 1.165) is 17.5 Å². The average Bonchev–Trinajstić information content (AvgIpc) is 3.25. The summed E-state index contributed by atoms with van der Waals surface area (Å²) in [6.07, 6.45) is 5.98. The molecular weight excluding hydrogens is 312 g/mol. The van der Waals surface area contributed by atoms with Gasteiger partial charge in [-0.3, -0.25) is 9.59 Å². The van der Waals surface area contributed by atoms with Crippen LogP contribution in [-0.2, 0) is 4.79 Å². The van der Waals surface area contributed by atoms with Crippen molar-refractivity contribution in [3.05, 3.63) is 35.9 Å². The Kier molecular flexibility index (Phi) is 5.07. The van der Waals surface area contributed by atoms with E-state index in [2.05, 4.69) is 18.9 Å². The second-order valence-corrected chi connectivity index (χ2v) is 8.18. The molecule has 2 bridgehead atoms. The van der Waals surface area contributed by atoms with Crippen molar-refractivity contribution in [3.8, 4) is 0 Å². The van der Waals surface area contributed by atoms with Gasteiger partial charge in [-0.1, -0.05) is 50.6 Å². The Morgan fingerprint density at radius 3 is 2.52 bits per heavy atom. The molecule has 3 atom stereocenters. The Bertz CT molecular complexity index is 666. The smallest absolute Gasteiger partial charge is 0.230 e. The maximum Gasteiger partial charge on any atom is 0.230 e. The van der Waals surface area contributed by atoms with Crippen molar-refractivity contribution in [2.24, 2.45) is 28.3 Å². The predicted molar refractivity (Wildman–Crippen MR) is 99.4 cm³/mol. The minimum Gasteiger partial charge on any atom is -0.292 e. The molecule has 0 aromatic heterocycles. The molecule has 134 valence electrons. The van der Waals surface area contributed by atoms with Gasteiger partial charge >= 0.3 is 0 Å². The van der Waals surface area contributed by atoms with Crippen LogP contribution in [-0.4, -0.2) is 29.5 Å². The first-order valence-corrected chi connectivity index (χ1v) is 9.27. The highest BCUT2D eigenvalue weighted by molar-refractivity contribution is 5.98. The third-order valence-electron chi connectivity index (χ3n) is 6.40. The molecule has 3 rings (SSSR count). The van der Waals surface area contributed by atoms with Gasteiger partial charge in [0, 0.05) is 16.7 Å². The van der Waals surface area contributed by atoms with Crippen LogP contribution in [0.2, 0.25) is 0 Å². The van der Waals surface area contributed by atoms with Crippen molar-refractivity contribution >= 4 is 17.9 Å². The van der Waals surface area contributed by atoms with Gasteiger partial charge in [-0.15, -0.1) is 0 Å². The number of amides is 1. The lowest BCUT2D eigenvalue weighted by atomic mass is 9.68. The quantitative estimate of drug-likeness (QED) is 0.324. The number of hydrogen-bond donors (Lipinski definition) is 0. The van der Waals surface area contributed by atoms with Gasteiger partial charge in [-0.05, 0) is 43.9 Å². The van der Waals surface area contributed by atoms with E-state index < -0.39 is 0 Å². The summed E-state index contributed by atoms with van der Waals surface area (Å²) in [4.78, 5) is 23.8. The molecule has 0 aliphatic heterocycles. The van der Waals surface area contributed by atoms with E-state index in [1.165, 1.54) is 30.7 Å². The Morgan fingerprint density at radius 1 is 1.24 bits per heavy atom. The van der Waals surface area contributed by atoms with E-state index in [-0.39, 0.29) is 17.7 Å². The Labute approximate surface area is 150 Å². The standard InChI is InChI=1S/C21H28N2O2/c1-15(21(2,3)19-12-16-9-10-18(19)11-16)22-23(14-24)13-20(25)17-7-5-4-6-8-17/h4-8,14,16,18-19H,9-13H2,1-3H3/b22-15-. The molecule has 0 radical (unpaired) electrons. The van der Waals surface area contributed by atoms with Gasteiger partial charge < -0.3 is 0 Å². The molecule has 4 heteroatoms. The number of Topliss-reactive ketones (excluding diaryl/α,β-unsaturated/α-hetero) is 1. The SMILES string of the molecule is C/C(=N/N(C=O)CC(=O)c1ccccc1)C(C)(C)C1CC2CCC1C2. The van der Waals surface area contributed by atoms with Crippen molar-refractivity contribution in [1.29, 1.82) is 0 Å². The van der Waals surface area contributed by atoms with E-state index in [4.69, 9.17) is 0 Å². The van der Waals surface area contributed by atoms with Crippen molar-refractivity contribution in [3.63, 3.8) is 0 Å². The van der Waals surface area contributed by atoms with Crippen LogP contribution < -0.4 is 0 Å². The monoisotopic (exact) mass is 340 g/mol. The van der Waals surface area contributed by atoms with Gasteiger partial charge in [0.15, 0.2) is 5.78 Å². The lowest BCUT2D eigenvalue weighted by Gasteiger charge is -2.37. The van der Waals surface area contributed by atoms with Crippen molar-refractivity contribution < 1.29 is 9.59 Å². The predicted octanol–water partition coefficient (Wildman–Crippen LogP) is 4.17. The lowest BCUT2D eigenvalue weighted by molar-refractivity contribution is -0.117. The summed E-state index contributed by atoms with van der Waals surface area (Å²) in [5.74, 6) is 2.21. The number of benzene rings is 1. The Hall–Kier alpha value is -1.97. The fraction of sp³-hybridized carbons (Fsp3) is 0.571. The number of rotatable bonds is 7. The van der Waals surface area contributed by atoms with Crippen molar-refractivity contribution in [2.45, 2.75) is 46.5 Å². The molecule has 1 amide bonds. The van der Waals surface area contributed by atoms with Crippen LogP contribution in [0.3, 0.4) is 0 Å². The fourth-order valence-corrected chi connectivity index (χ4v) is 4.68. The van der Waals surface area contributed by atoms with Crippen LogP contribution in [0.1, 0.15) is 56.8 Å².